The number of carbonyl (C=O) groups is 1. The molecule has 0 bridgehead atoms. The van der Waals surface area contributed by atoms with E-state index in [-0.39, 0.29) is 5.91 Å². The van der Waals surface area contributed by atoms with Crippen LogP contribution in [-0.2, 0) is 4.74 Å². The van der Waals surface area contributed by atoms with Crippen LogP contribution in [0.1, 0.15) is 23.2 Å². The maximum atomic E-state index is 11.9. The van der Waals surface area contributed by atoms with Gasteiger partial charge in [0.05, 0.1) is 12.2 Å². The van der Waals surface area contributed by atoms with Crippen molar-refractivity contribution in [2.24, 2.45) is 0 Å². The van der Waals surface area contributed by atoms with Crippen LogP contribution in [0.5, 0.6) is 0 Å². The molecule has 17 heavy (non-hydrogen) atoms. The van der Waals surface area contributed by atoms with Gasteiger partial charge in [-0.25, -0.2) is 4.98 Å². The summed E-state index contributed by atoms with van der Waals surface area (Å²) in [6.45, 7) is 1.02. The third-order valence-electron chi connectivity index (χ3n) is 2.56. The van der Waals surface area contributed by atoms with E-state index in [0.717, 1.165) is 12.8 Å². The molecule has 1 fully saturated rings. The Hall–Kier alpha value is -1.62. The number of carbonyl (C=O) groups excluding carboxylic acids is 1. The molecule has 2 rings (SSSR count). The molecule has 1 aliphatic rings. The molecule has 1 aromatic rings. The first-order valence-corrected chi connectivity index (χ1v) is 5.80. The van der Waals surface area contributed by atoms with Gasteiger partial charge in [-0.1, -0.05) is 0 Å². The van der Waals surface area contributed by atoms with Gasteiger partial charge < -0.3 is 15.4 Å². The van der Waals surface area contributed by atoms with Crippen molar-refractivity contribution in [3.8, 4) is 0 Å². The highest BCUT2D eigenvalue weighted by atomic mass is 16.5. The van der Waals surface area contributed by atoms with Crippen LogP contribution in [0.4, 0.5) is 5.82 Å². The van der Waals surface area contributed by atoms with Crippen LogP contribution in [0.15, 0.2) is 18.3 Å². The number of anilines is 1. The fraction of sp³-hybridized carbons (Fsp3) is 0.500. The second-order valence-electron chi connectivity index (χ2n) is 4.07. The first-order chi connectivity index (χ1) is 8.31. The second-order valence-corrected chi connectivity index (χ2v) is 4.07. The summed E-state index contributed by atoms with van der Waals surface area (Å²) in [6, 6.07) is 4.03. The largest absolute Gasteiger partial charge is 0.383 e. The molecule has 0 saturated heterocycles. The summed E-state index contributed by atoms with van der Waals surface area (Å²) in [6.07, 6.45) is 4.00. The predicted octanol–water partition coefficient (Wildman–Crippen LogP) is 1.03. The minimum Gasteiger partial charge on any atom is -0.383 e. The van der Waals surface area contributed by atoms with Gasteiger partial charge in [0.15, 0.2) is 0 Å². The van der Waals surface area contributed by atoms with Crippen LogP contribution >= 0.6 is 0 Å². The summed E-state index contributed by atoms with van der Waals surface area (Å²) in [7, 11) is 1.61. The van der Waals surface area contributed by atoms with Gasteiger partial charge in [-0.3, -0.25) is 4.79 Å². The van der Waals surface area contributed by atoms with Crippen LogP contribution in [-0.4, -0.2) is 37.2 Å². The molecule has 5 nitrogen and oxygen atoms in total. The van der Waals surface area contributed by atoms with E-state index in [4.69, 9.17) is 4.74 Å². The zero-order chi connectivity index (χ0) is 12.1. The van der Waals surface area contributed by atoms with E-state index in [1.54, 1.807) is 25.4 Å². The van der Waals surface area contributed by atoms with Crippen molar-refractivity contribution < 1.29 is 9.53 Å². The summed E-state index contributed by atoms with van der Waals surface area (Å²) in [5, 5.41) is 6.04. The molecule has 1 aromatic heterocycles. The van der Waals surface area contributed by atoms with Crippen molar-refractivity contribution in [2.75, 3.05) is 25.6 Å². The zero-order valence-corrected chi connectivity index (χ0v) is 9.90. The number of hydrogen-bond acceptors (Lipinski definition) is 4. The summed E-state index contributed by atoms with van der Waals surface area (Å²) >= 11 is 0. The third kappa shape index (κ3) is 3.42. The van der Waals surface area contributed by atoms with Crippen molar-refractivity contribution in [1.82, 2.24) is 10.3 Å². The van der Waals surface area contributed by atoms with E-state index >= 15 is 0 Å². The average Bonchev–Trinajstić information content (AvgIpc) is 3.14. The van der Waals surface area contributed by atoms with Crippen LogP contribution in [0, 0.1) is 0 Å². The first kappa shape index (κ1) is 11.9. The molecule has 0 aromatic carbocycles. The lowest BCUT2D eigenvalue weighted by Gasteiger charge is -2.10. The first-order valence-electron chi connectivity index (χ1n) is 5.80. The molecule has 5 heteroatoms. The number of nitrogens with one attached hydrogen (secondary N) is 2. The van der Waals surface area contributed by atoms with E-state index in [1.807, 2.05) is 0 Å². The Bertz CT molecular complexity index is 391. The maximum Gasteiger partial charge on any atom is 0.255 e. The standard InChI is InChI=1S/C12H17N3O2/c1-17-8-7-14-12(16)10-3-2-6-13-11(10)15-9-4-5-9/h2-3,6,9H,4-5,7-8H2,1H3,(H,13,15)(H,14,16). The van der Waals surface area contributed by atoms with Crippen molar-refractivity contribution >= 4 is 11.7 Å². The molecule has 1 saturated carbocycles. The lowest BCUT2D eigenvalue weighted by atomic mass is 10.2. The van der Waals surface area contributed by atoms with Gasteiger partial charge in [0.25, 0.3) is 5.91 Å². The number of amides is 1. The Labute approximate surface area is 101 Å². The molecule has 0 unspecified atom stereocenters. The molecule has 1 heterocycles. The zero-order valence-electron chi connectivity index (χ0n) is 9.90. The number of rotatable bonds is 6. The van der Waals surface area contributed by atoms with E-state index < -0.39 is 0 Å². The lowest BCUT2D eigenvalue weighted by Crippen LogP contribution is -2.28. The molecule has 1 aliphatic carbocycles. The predicted molar refractivity (Wildman–Crippen MR) is 65.1 cm³/mol. The van der Waals surface area contributed by atoms with E-state index in [9.17, 15) is 4.79 Å². The Balaban J connectivity index is 1.99. The smallest absolute Gasteiger partial charge is 0.255 e. The highest BCUT2D eigenvalue weighted by molar-refractivity contribution is 5.98. The van der Waals surface area contributed by atoms with Crippen LogP contribution in [0.3, 0.4) is 0 Å². The summed E-state index contributed by atoms with van der Waals surface area (Å²) < 4.78 is 4.89. The number of ether oxygens (including phenoxy) is 1. The van der Waals surface area contributed by atoms with E-state index in [0.29, 0.717) is 30.6 Å². The molecule has 2 N–H and O–H groups in total. The number of pyridine rings is 1. The number of nitrogens with zero attached hydrogens (tertiary/aromatic N) is 1. The minimum absolute atomic E-state index is 0.113. The molecule has 92 valence electrons. The topological polar surface area (TPSA) is 63.2 Å². The van der Waals surface area contributed by atoms with Crippen LogP contribution in [0.2, 0.25) is 0 Å². The normalized spacial score (nSPS) is 14.4. The van der Waals surface area contributed by atoms with Crippen molar-refractivity contribution in [2.45, 2.75) is 18.9 Å². The molecule has 0 atom stereocenters. The third-order valence-corrected chi connectivity index (χ3v) is 2.56. The molecule has 0 spiro atoms. The van der Waals surface area contributed by atoms with Gasteiger partial charge in [0, 0.05) is 25.9 Å². The highest BCUT2D eigenvalue weighted by Crippen LogP contribution is 2.25. The second kappa shape index (κ2) is 5.63. The molecule has 1 amide bonds. The molecular formula is C12H17N3O2. The molecule has 0 radical (unpaired) electrons. The summed E-state index contributed by atoms with van der Waals surface area (Å²) in [5.74, 6) is 0.559. The van der Waals surface area contributed by atoms with E-state index in [1.165, 1.54) is 0 Å². The lowest BCUT2D eigenvalue weighted by molar-refractivity contribution is 0.0937. The van der Waals surface area contributed by atoms with E-state index in [2.05, 4.69) is 15.6 Å². The van der Waals surface area contributed by atoms with Gasteiger partial charge in [0.1, 0.15) is 5.82 Å². The van der Waals surface area contributed by atoms with Crippen molar-refractivity contribution in [3.05, 3.63) is 23.9 Å². The Morgan fingerprint density at radius 1 is 1.59 bits per heavy atom. The summed E-state index contributed by atoms with van der Waals surface area (Å²) in [4.78, 5) is 16.1. The molecular weight excluding hydrogens is 218 g/mol. The fourth-order valence-corrected chi connectivity index (χ4v) is 1.49. The highest BCUT2D eigenvalue weighted by Gasteiger charge is 2.23. The van der Waals surface area contributed by atoms with Crippen LogP contribution < -0.4 is 10.6 Å². The van der Waals surface area contributed by atoms with Crippen molar-refractivity contribution in [1.29, 1.82) is 0 Å². The average molecular weight is 235 g/mol. The maximum absolute atomic E-state index is 11.9. The quantitative estimate of drug-likeness (QED) is 0.723. The van der Waals surface area contributed by atoms with Gasteiger partial charge >= 0.3 is 0 Å². The van der Waals surface area contributed by atoms with Gasteiger partial charge in [-0.15, -0.1) is 0 Å². The number of aromatic nitrogens is 1. The Morgan fingerprint density at radius 2 is 2.41 bits per heavy atom. The summed E-state index contributed by atoms with van der Waals surface area (Å²) in [5.41, 5.74) is 0.593. The van der Waals surface area contributed by atoms with Gasteiger partial charge in [0.2, 0.25) is 0 Å². The monoisotopic (exact) mass is 235 g/mol. The number of methoxy groups -OCH3 is 1. The van der Waals surface area contributed by atoms with Gasteiger partial charge in [-0.05, 0) is 25.0 Å². The molecule has 0 aliphatic heterocycles. The SMILES string of the molecule is COCCNC(=O)c1cccnc1NC1CC1. The van der Waals surface area contributed by atoms with Gasteiger partial charge in [-0.2, -0.15) is 0 Å². The number of hydrogen-bond donors (Lipinski definition) is 2. The Morgan fingerprint density at radius 3 is 3.12 bits per heavy atom. The van der Waals surface area contributed by atoms with Crippen LogP contribution in [0.25, 0.3) is 0 Å². The minimum atomic E-state index is -0.113. The Kier molecular flexibility index (Phi) is 3.93. The van der Waals surface area contributed by atoms with Crippen molar-refractivity contribution in [3.63, 3.8) is 0 Å². The fourth-order valence-electron chi connectivity index (χ4n) is 1.49.